The van der Waals surface area contributed by atoms with Crippen molar-refractivity contribution >= 4 is 0 Å². The van der Waals surface area contributed by atoms with Crippen LogP contribution in [-0.4, -0.2) is 39.0 Å². The molecule has 0 bridgehead atoms. The Labute approximate surface area is 106 Å². The van der Waals surface area contributed by atoms with E-state index < -0.39 is 0 Å². The molecule has 1 aliphatic rings. The van der Waals surface area contributed by atoms with Crippen molar-refractivity contribution in [2.24, 2.45) is 5.92 Å². The molecule has 0 spiro atoms. The van der Waals surface area contributed by atoms with Crippen molar-refractivity contribution < 1.29 is 9.47 Å². The fourth-order valence-electron chi connectivity index (χ4n) is 2.21. The Kier molecular flexibility index (Phi) is 8.67. The molecule has 0 atom stereocenters. The van der Waals surface area contributed by atoms with Gasteiger partial charge in [0.25, 0.3) is 0 Å². The van der Waals surface area contributed by atoms with E-state index in [9.17, 15) is 0 Å². The van der Waals surface area contributed by atoms with Crippen LogP contribution in [0, 0.1) is 5.92 Å². The van der Waals surface area contributed by atoms with Crippen molar-refractivity contribution in [3.8, 4) is 0 Å². The molecule has 1 N–H and O–H groups in total. The number of nitrogens with one attached hydrogen (secondary N) is 1. The van der Waals surface area contributed by atoms with Gasteiger partial charge in [-0.2, -0.15) is 0 Å². The Bertz CT molecular complexity index is 168. The lowest BCUT2D eigenvalue weighted by Crippen LogP contribution is -2.23. The zero-order valence-corrected chi connectivity index (χ0v) is 11.5. The summed E-state index contributed by atoms with van der Waals surface area (Å²) in [7, 11) is 0. The summed E-state index contributed by atoms with van der Waals surface area (Å²) in [6.07, 6.45) is 7.00. The lowest BCUT2D eigenvalue weighted by molar-refractivity contribution is 0.0756. The fraction of sp³-hybridized carbons (Fsp3) is 1.00. The van der Waals surface area contributed by atoms with Crippen LogP contribution in [0.4, 0.5) is 0 Å². The van der Waals surface area contributed by atoms with E-state index in [0.29, 0.717) is 6.10 Å². The van der Waals surface area contributed by atoms with E-state index in [1.807, 2.05) is 0 Å². The average Bonchev–Trinajstić information content (AvgIpc) is 2.79. The minimum atomic E-state index is 0.352. The van der Waals surface area contributed by atoms with E-state index in [1.165, 1.54) is 25.7 Å². The molecule has 1 fully saturated rings. The van der Waals surface area contributed by atoms with Crippen LogP contribution in [0.15, 0.2) is 0 Å². The number of rotatable bonds is 10. The van der Waals surface area contributed by atoms with Gasteiger partial charge in [0, 0.05) is 19.8 Å². The summed E-state index contributed by atoms with van der Waals surface area (Å²) in [5.41, 5.74) is 0. The van der Waals surface area contributed by atoms with Gasteiger partial charge in [0.1, 0.15) is 0 Å². The van der Waals surface area contributed by atoms with E-state index in [2.05, 4.69) is 19.2 Å². The molecular weight excluding hydrogens is 214 g/mol. The van der Waals surface area contributed by atoms with Crippen molar-refractivity contribution in [2.75, 3.05) is 32.9 Å². The molecule has 0 heterocycles. The van der Waals surface area contributed by atoms with E-state index in [-0.39, 0.29) is 0 Å². The Morgan fingerprint density at radius 1 is 1.12 bits per heavy atom. The van der Waals surface area contributed by atoms with Gasteiger partial charge in [-0.05, 0) is 45.6 Å². The molecule has 0 unspecified atom stereocenters. The highest BCUT2D eigenvalue weighted by atomic mass is 16.5. The van der Waals surface area contributed by atoms with Crippen molar-refractivity contribution in [3.63, 3.8) is 0 Å². The lowest BCUT2D eigenvalue weighted by atomic mass is 10.1. The molecule has 102 valence electrons. The third-order valence-corrected chi connectivity index (χ3v) is 3.20. The third kappa shape index (κ3) is 8.58. The van der Waals surface area contributed by atoms with Crippen LogP contribution in [0.25, 0.3) is 0 Å². The largest absolute Gasteiger partial charge is 0.380 e. The smallest absolute Gasteiger partial charge is 0.0591 e. The van der Waals surface area contributed by atoms with Crippen molar-refractivity contribution in [1.82, 2.24) is 5.32 Å². The predicted octanol–water partition coefficient (Wildman–Crippen LogP) is 2.60. The quantitative estimate of drug-likeness (QED) is 0.598. The Balaban J connectivity index is 1.72. The molecule has 0 saturated heterocycles. The highest BCUT2D eigenvalue weighted by molar-refractivity contribution is 4.66. The molecular formula is C14H29NO2. The molecule has 1 saturated carbocycles. The summed E-state index contributed by atoms with van der Waals surface area (Å²) in [4.78, 5) is 0. The van der Waals surface area contributed by atoms with Gasteiger partial charge < -0.3 is 14.8 Å². The summed E-state index contributed by atoms with van der Waals surface area (Å²) in [6.45, 7) is 8.82. The van der Waals surface area contributed by atoms with Crippen LogP contribution < -0.4 is 5.32 Å². The zero-order valence-electron chi connectivity index (χ0n) is 11.5. The second kappa shape index (κ2) is 9.86. The van der Waals surface area contributed by atoms with Crippen LogP contribution in [0.3, 0.4) is 0 Å². The molecule has 0 aromatic rings. The molecule has 0 radical (unpaired) electrons. The molecule has 1 rings (SSSR count). The number of hydrogen-bond acceptors (Lipinski definition) is 3. The van der Waals surface area contributed by atoms with Gasteiger partial charge in [-0.3, -0.25) is 0 Å². The first-order valence-corrected chi connectivity index (χ1v) is 7.19. The first-order valence-electron chi connectivity index (χ1n) is 7.19. The van der Waals surface area contributed by atoms with E-state index in [4.69, 9.17) is 9.47 Å². The Hall–Kier alpha value is -0.120. The molecule has 17 heavy (non-hydrogen) atoms. The maximum Gasteiger partial charge on any atom is 0.0591 e. The molecule has 0 aromatic heterocycles. The molecule has 3 nitrogen and oxygen atoms in total. The lowest BCUT2D eigenvalue weighted by Gasteiger charge is -2.11. The van der Waals surface area contributed by atoms with E-state index in [1.54, 1.807) is 0 Å². The average molecular weight is 243 g/mol. The summed E-state index contributed by atoms with van der Waals surface area (Å²) in [5.74, 6) is 0.842. The van der Waals surface area contributed by atoms with Gasteiger partial charge in [-0.1, -0.05) is 12.8 Å². The SMILES string of the molecule is CC(C)OCCCNCCOCC1CCCC1. The minimum absolute atomic E-state index is 0.352. The van der Waals surface area contributed by atoms with Gasteiger partial charge in [0.15, 0.2) is 0 Å². The summed E-state index contributed by atoms with van der Waals surface area (Å²) < 4.78 is 11.1. The molecule has 1 aliphatic carbocycles. The number of ether oxygens (including phenoxy) is 2. The zero-order chi connectivity index (χ0) is 12.3. The summed E-state index contributed by atoms with van der Waals surface area (Å²) in [5, 5.41) is 3.38. The fourth-order valence-corrected chi connectivity index (χ4v) is 2.21. The van der Waals surface area contributed by atoms with Crippen molar-refractivity contribution in [3.05, 3.63) is 0 Å². The first-order chi connectivity index (χ1) is 8.29. The molecule has 0 aliphatic heterocycles. The molecule has 0 aromatic carbocycles. The monoisotopic (exact) mass is 243 g/mol. The van der Waals surface area contributed by atoms with Gasteiger partial charge in [0.05, 0.1) is 12.7 Å². The van der Waals surface area contributed by atoms with Gasteiger partial charge in [0.2, 0.25) is 0 Å². The first kappa shape index (κ1) is 14.9. The summed E-state index contributed by atoms with van der Waals surface area (Å²) >= 11 is 0. The second-order valence-electron chi connectivity index (χ2n) is 5.25. The van der Waals surface area contributed by atoms with Crippen LogP contribution in [0.1, 0.15) is 46.0 Å². The summed E-state index contributed by atoms with van der Waals surface area (Å²) in [6, 6.07) is 0. The van der Waals surface area contributed by atoms with Gasteiger partial charge in [-0.15, -0.1) is 0 Å². The van der Waals surface area contributed by atoms with Crippen molar-refractivity contribution in [2.45, 2.75) is 52.1 Å². The Morgan fingerprint density at radius 3 is 2.59 bits per heavy atom. The van der Waals surface area contributed by atoms with Crippen LogP contribution >= 0.6 is 0 Å². The maximum absolute atomic E-state index is 5.67. The second-order valence-corrected chi connectivity index (χ2v) is 5.25. The van der Waals surface area contributed by atoms with E-state index in [0.717, 1.165) is 45.2 Å². The highest BCUT2D eigenvalue weighted by Crippen LogP contribution is 2.24. The normalized spacial score (nSPS) is 17.1. The topological polar surface area (TPSA) is 30.5 Å². The third-order valence-electron chi connectivity index (χ3n) is 3.20. The van der Waals surface area contributed by atoms with E-state index >= 15 is 0 Å². The van der Waals surface area contributed by atoms with Crippen LogP contribution in [0.5, 0.6) is 0 Å². The predicted molar refractivity (Wildman–Crippen MR) is 71.4 cm³/mol. The minimum Gasteiger partial charge on any atom is -0.380 e. The Morgan fingerprint density at radius 2 is 1.88 bits per heavy atom. The van der Waals surface area contributed by atoms with Crippen LogP contribution in [-0.2, 0) is 9.47 Å². The van der Waals surface area contributed by atoms with Gasteiger partial charge in [-0.25, -0.2) is 0 Å². The van der Waals surface area contributed by atoms with Gasteiger partial charge >= 0.3 is 0 Å². The van der Waals surface area contributed by atoms with Crippen LogP contribution in [0.2, 0.25) is 0 Å². The maximum atomic E-state index is 5.67. The molecule has 0 amide bonds. The highest BCUT2D eigenvalue weighted by Gasteiger charge is 2.14. The number of hydrogen-bond donors (Lipinski definition) is 1. The molecule has 3 heteroatoms. The standard InChI is InChI=1S/C14H29NO2/c1-13(2)17-10-5-8-15-9-11-16-12-14-6-3-4-7-14/h13-15H,3-12H2,1-2H3. The van der Waals surface area contributed by atoms with Crippen molar-refractivity contribution in [1.29, 1.82) is 0 Å².